The molecule has 0 fully saturated rings. The third kappa shape index (κ3) is 5.93. The maximum atomic E-state index is 5.47. The Labute approximate surface area is 174 Å². The van der Waals surface area contributed by atoms with Crippen molar-refractivity contribution in [1.82, 2.24) is 14.8 Å². The number of aromatic nitrogens is 1. The second kappa shape index (κ2) is 11.1. The molecule has 1 N–H and O–H groups in total. The number of ether oxygens (including phenoxy) is 1. The number of guanidine groups is 1. The first kappa shape index (κ1) is 22.3. The van der Waals surface area contributed by atoms with Gasteiger partial charge in [0.2, 0.25) is 0 Å². The predicted octanol–water partition coefficient (Wildman–Crippen LogP) is 3.85. The van der Waals surface area contributed by atoms with Crippen molar-refractivity contribution in [3.63, 3.8) is 0 Å². The number of benzene rings is 1. The summed E-state index contributed by atoms with van der Waals surface area (Å²) in [6.45, 7) is 6.65. The van der Waals surface area contributed by atoms with E-state index in [2.05, 4.69) is 67.1 Å². The molecule has 0 aliphatic rings. The first-order valence-electron chi connectivity index (χ1n) is 8.79. The van der Waals surface area contributed by atoms with E-state index in [4.69, 9.17) is 9.73 Å². The third-order valence-corrected chi connectivity index (χ3v) is 4.33. The minimum atomic E-state index is 0. The number of aliphatic imine (C=N–C) groups is 1. The smallest absolute Gasteiger partial charge is 0.194 e. The molecule has 0 aliphatic carbocycles. The van der Waals surface area contributed by atoms with E-state index in [1.165, 1.54) is 11.3 Å². The lowest BCUT2D eigenvalue weighted by atomic mass is 10.0. The van der Waals surface area contributed by atoms with Gasteiger partial charge in [0.1, 0.15) is 5.75 Å². The summed E-state index contributed by atoms with van der Waals surface area (Å²) >= 11 is 0. The fourth-order valence-corrected chi connectivity index (χ4v) is 2.84. The van der Waals surface area contributed by atoms with Gasteiger partial charge in [-0.2, -0.15) is 0 Å². The molecule has 2 rings (SSSR count). The number of para-hydroxylation sites is 1. The van der Waals surface area contributed by atoms with Gasteiger partial charge in [0.25, 0.3) is 0 Å². The summed E-state index contributed by atoms with van der Waals surface area (Å²) in [5, 5.41) is 3.39. The van der Waals surface area contributed by atoms with Crippen molar-refractivity contribution in [2.75, 3.05) is 27.2 Å². The van der Waals surface area contributed by atoms with Crippen LogP contribution in [-0.2, 0) is 13.6 Å². The average Bonchev–Trinajstić information content (AvgIpc) is 3.02. The lowest BCUT2D eigenvalue weighted by Crippen LogP contribution is -2.39. The Morgan fingerprint density at radius 1 is 1.27 bits per heavy atom. The van der Waals surface area contributed by atoms with Crippen LogP contribution in [0, 0.1) is 0 Å². The van der Waals surface area contributed by atoms with Gasteiger partial charge in [0.15, 0.2) is 5.96 Å². The normalized spacial score (nSPS) is 12.3. The number of halogens is 1. The van der Waals surface area contributed by atoms with E-state index in [0.717, 1.165) is 24.8 Å². The molecule has 2 aromatic rings. The summed E-state index contributed by atoms with van der Waals surface area (Å²) in [5.41, 5.74) is 2.44. The van der Waals surface area contributed by atoms with Gasteiger partial charge in [0.05, 0.1) is 13.7 Å². The zero-order chi connectivity index (χ0) is 18.2. The van der Waals surface area contributed by atoms with Gasteiger partial charge in [-0.25, -0.2) is 0 Å². The second-order valence-electron chi connectivity index (χ2n) is 6.30. The van der Waals surface area contributed by atoms with Crippen LogP contribution in [0.3, 0.4) is 0 Å². The van der Waals surface area contributed by atoms with Gasteiger partial charge in [-0.05, 0) is 30.7 Å². The molecule has 1 atom stereocenters. The van der Waals surface area contributed by atoms with Gasteiger partial charge in [-0.15, -0.1) is 24.0 Å². The molecule has 1 aromatic carbocycles. The minimum absolute atomic E-state index is 0. The van der Waals surface area contributed by atoms with Crippen LogP contribution in [0.5, 0.6) is 5.75 Å². The molecule has 5 nitrogen and oxygen atoms in total. The van der Waals surface area contributed by atoms with Crippen LogP contribution in [0.25, 0.3) is 0 Å². The second-order valence-corrected chi connectivity index (χ2v) is 6.30. The molecule has 1 unspecified atom stereocenters. The molecule has 0 spiro atoms. The van der Waals surface area contributed by atoms with Crippen molar-refractivity contribution in [1.29, 1.82) is 0 Å². The lowest BCUT2D eigenvalue weighted by molar-refractivity contribution is 0.406. The van der Waals surface area contributed by atoms with Crippen LogP contribution >= 0.6 is 24.0 Å². The molecule has 0 bridgehead atoms. The SMILES string of the molecule is CCNC(=NCC(C)c1ccccc1OC)N(C)Cc1cccn1C.I. The van der Waals surface area contributed by atoms with Crippen molar-refractivity contribution in [2.45, 2.75) is 26.3 Å². The molecule has 0 radical (unpaired) electrons. The molecule has 1 heterocycles. The van der Waals surface area contributed by atoms with Gasteiger partial charge in [-0.1, -0.05) is 25.1 Å². The Balaban J connectivity index is 0.00000338. The van der Waals surface area contributed by atoms with Crippen LogP contribution in [0.2, 0.25) is 0 Å². The van der Waals surface area contributed by atoms with E-state index in [0.29, 0.717) is 6.54 Å². The Kier molecular flexibility index (Phi) is 9.54. The van der Waals surface area contributed by atoms with Crippen molar-refractivity contribution < 1.29 is 4.74 Å². The first-order chi connectivity index (χ1) is 12.1. The first-order valence-corrected chi connectivity index (χ1v) is 8.79. The van der Waals surface area contributed by atoms with Crippen molar-refractivity contribution in [2.24, 2.45) is 12.0 Å². The maximum absolute atomic E-state index is 5.47. The summed E-state index contributed by atoms with van der Waals surface area (Å²) in [4.78, 5) is 7.00. The number of aryl methyl sites for hydroxylation is 1. The molecule has 26 heavy (non-hydrogen) atoms. The van der Waals surface area contributed by atoms with Crippen LogP contribution in [0.1, 0.15) is 31.0 Å². The summed E-state index contributed by atoms with van der Waals surface area (Å²) in [6.07, 6.45) is 2.07. The van der Waals surface area contributed by atoms with Crippen molar-refractivity contribution in [3.8, 4) is 5.75 Å². The molecular weight excluding hydrogens is 439 g/mol. The van der Waals surface area contributed by atoms with Gasteiger partial charge >= 0.3 is 0 Å². The Morgan fingerprint density at radius 2 is 2.00 bits per heavy atom. The molecule has 0 saturated heterocycles. The Morgan fingerprint density at radius 3 is 2.62 bits per heavy atom. The number of methoxy groups -OCH3 is 1. The molecule has 6 heteroatoms. The zero-order valence-electron chi connectivity index (χ0n) is 16.4. The molecular formula is C20H31IN4O. The maximum Gasteiger partial charge on any atom is 0.194 e. The zero-order valence-corrected chi connectivity index (χ0v) is 18.7. The van der Waals surface area contributed by atoms with Crippen LogP contribution in [0.4, 0.5) is 0 Å². The quantitative estimate of drug-likeness (QED) is 0.380. The highest BCUT2D eigenvalue weighted by Crippen LogP contribution is 2.26. The highest BCUT2D eigenvalue weighted by atomic mass is 127. The Bertz CT molecular complexity index is 699. The molecule has 1 aromatic heterocycles. The van der Waals surface area contributed by atoms with E-state index in [9.17, 15) is 0 Å². The molecule has 144 valence electrons. The van der Waals surface area contributed by atoms with E-state index >= 15 is 0 Å². The summed E-state index contributed by atoms with van der Waals surface area (Å²) in [5.74, 6) is 2.13. The number of nitrogens with one attached hydrogen (secondary N) is 1. The topological polar surface area (TPSA) is 41.8 Å². The number of hydrogen-bond donors (Lipinski definition) is 1. The summed E-state index contributed by atoms with van der Waals surface area (Å²) in [7, 11) is 5.85. The third-order valence-electron chi connectivity index (χ3n) is 4.33. The van der Waals surface area contributed by atoms with Gasteiger partial charge in [-0.3, -0.25) is 4.99 Å². The van der Waals surface area contributed by atoms with Crippen LogP contribution < -0.4 is 10.1 Å². The number of hydrogen-bond acceptors (Lipinski definition) is 2. The fourth-order valence-electron chi connectivity index (χ4n) is 2.84. The highest BCUT2D eigenvalue weighted by molar-refractivity contribution is 14.0. The monoisotopic (exact) mass is 470 g/mol. The standard InChI is InChI=1S/C20H30N4O.HI/c1-6-21-20(24(4)15-17-10-9-13-23(17)3)22-14-16(2)18-11-7-8-12-19(18)25-5;/h7-13,16H,6,14-15H2,1-5H3,(H,21,22);1H. The van der Waals surface area contributed by atoms with E-state index in [1.807, 2.05) is 18.2 Å². The Hall–Kier alpha value is -1.70. The number of rotatable bonds is 7. The van der Waals surface area contributed by atoms with E-state index < -0.39 is 0 Å². The van der Waals surface area contributed by atoms with E-state index in [1.54, 1.807) is 7.11 Å². The van der Waals surface area contributed by atoms with E-state index in [-0.39, 0.29) is 29.9 Å². The minimum Gasteiger partial charge on any atom is -0.496 e. The average molecular weight is 470 g/mol. The predicted molar refractivity (Wildman–Crippen MR) is 120 cm³/mol. The summed E-state index contributed by atoms with van der Waals surface area (Å²) in [6, 6.07) is 12.4. The molecule has 0 saturated carbocycles. The highest BCUT2D eigenvalue weighted by Gasteiger charge is 2.13. The van der Waals surface area contributed by atoms with Crippen LogP contribution in [-0.4, -0.2) is 42.7 Å². The largest absolute Gasteiger partial charge is 0.496 e. The molecule has 0 amide bonds. The molecule has 0 aliphatic heterocycles. The van der Waals surface area contributed by atoms with Crippen molar-refractivity contribution in [3.05, 3.63) is 53.9 Å². The summed E-state index contributed by atoms with van der Waals surface area (Å²) < 4.78 is 7.61. The van der Waals surface area contributed by atoms with Gasteiger partial charge in [0, 0.05) is 45.0 Å². The van der Waals surface area contributed by atoms with Crippen molar-refractivity contribution >= 4 is 29.9 Å². The van der Waals surface area contributed by atoms with Crippen LogP contribution in [0.15, 0.2) is 47.6 Å². The van der Waals surface area contributed by atoms with Gasteiger partial charge < -0.3 is 19.5 Å². The number of nitrogens with zero attached hydrogens (tertiary/aromatic N) is 3. The fraction of sp³-hybridized carbons (Fsp3) is 0.450. The lowest BCUT2D eigenvalue weighted by Gasteiger charge is -2.23.